The normalized spacial score (nSPS) is 11.7. The summed E-state index contributed by atoms with van der Waals surface area (Å²) in [5.74, 6) is -0.0250. The van der Waals surface area contributed by atoms with Crippen LogP contribution in [0.25, 0.3) is 10.1 Å². The lowest BCUT2D eigenvalue weighted by molar-refractivity contribution is -0.142. The topological polar surface area (TPSA) is 46.5 Å². The minimum Gasteiger partial charge on any atom is -0.495 e. The van der Waals surface area contributed by atoms with E-state index in [-0.39, 0.29) is 0 Å². The molecule has 0 aliphatic carbocycles. The predicted molar refractivity (Wildman–Crippen MR) is 69.0 cm³/mol. The van der Waals surface area contributed by atoms with Gasteiger partial charge in [0.2, 0.25) is 0 Å². The first-order chi connectivity index (χ1) is 7.96. The molecule has 90 valence electrons. The Labute approximate surface area is 104 Å². The first-order valence-electron chi connectivity index (χ1n) is 5.27. The Kier molecular flexibility index (Phi) is 2.83. The summed E-state index contributed by atoms with van der Waals surface area (Å²) in [5, 5.41) is 10.2. The number of carboxylic acids is 1. The third-order valence-corrected chi connectivity index (χ3v) is 4.37. The summed E-state index contributed by atoms with van der Waals surface area (Å²) in [7, 11) is 1.62. The van der Waals surface area contributed by atoms with Crippen LogP contribution in [-0.4, -0.2) is 18.2 Å². The number of fused-ring (bicyclic) bond motifs is 1. The zero-order valence-corrected chi connectivity index (χ0v) is 10.8. The fraction of sp³-hybridized carbons (Fsp3) is 0.308. The molecule has 1 aromatic carbocycles. The van der Waals surface area contributed by atoms with E-state index < -0.39 is 11.4 Å². The van der Waals surface area contributed by atoms with Crippen LogP contribution in [0.4, 0.5) is 0 Å². The highest BCUT2D eigenvalue weighted by atomic mass is 32.1. The van der Waals surface area contributed by atoms with Crippen molar-refractivity contribution in [2.45, 2.75) is 19.3 Å². The van der Waals surface area contributed by atoms with Crippen LogP contribution >= 0.6 is 11.3 Å². The van der Waals surface area contributed by atoms with Gasteiger partial charge in [0.15, 0.2) is 0 Å². The molecule has 0 amide bonds. The maximum atomic E-state index is 11.2. The number of hydrogen-bond acceptors (Lipinski definition) is 3. The number of ether oxygens (including phenoxy) is 1. The van der Waals surface area contributed by atoms with Gasteiger partial charge in [-0.1, -0.05) is 12.1 Å². The summed E-state index contributed by atoms with van der Waals surface area (Å²) in [6.07, 6.45) is 0. The Morgan fingerprint density at radius 1 is 1.41 bits per heavy atom. The van der Waals surface area contributed by atoms with Crippen molar-refractivity contribution in [2.75, 3.05) is 7.11 Å². The van der Waals surface area contributed by atoms with Gasteiger partial charge < -0.3 is 9.84 Å². The first-order valence-corrected chi connectivity index (χ1v) is 6.09. The Morgan fingerprint density at radius 2 is 2.12 bits per heavy atom. The molecule has 0 radical (unpaired) electrons. The number of carboxylic acid groups (broad SMARTS) is 1. The van der Waals surface area contributed by atoms with Crippen molar-refractivity contribution in [1.29, 1.82) is 0 Å². The van der Waals surface area contributed by atoms with E-state index in [1.807, 2.05) is 24.3 Å². The summed E-state index contributed by atoms with van der Waals surface area (Å²) >= 11 is 1.48. The third-order valence-electron chi connectivity index (χ3n) is 2.88. The summed E-state index contributed by atoms with van der Waals surface area (Å²) in [4.78, 5) is 12.1. The van der Waals surface area contributed by atoms with Crippen molar-refractivity contribution in [2.24, 2.45) is 0 Å². The number of benzene rings is 1. The van der Waals surface area contributed by atoms with Gasteiger partial charge in [-0.25, -0.2) is 0 Å². The molecular formula is C13H14O3S. The van der Waals surface area contributed by atoms with Gasteiger partial charge in [-0.2, -0.15) is 0 Å². The Hall–Kier alpha value is -1.55. The Morgan fingerprint density at radius 3 is 2.71 bits per heavy atom. The Balaban J connectivity index is 2.63. The molecule has 1 N–H and O–H groups in total. The summed E-state index contributed by atoms with van der Waals surface area (Å²) in [6, 6.07) is 7.69. The van der Waals surface area contributed by atoms with Crippen LogP contribution in [0.2, 0.25) is 0 Å². The van der Waals surface area contributed by atoms with Gasteiger partial charge >= 0.3 is 5.97 Å². The molecule has 1 heterocycles. The second-order valence-corrected chi connectivity index (χ2v) is 5.47. The van der Waals surface area contributed by atoms with Crippen LogP contribution in [0.1, 0.15) is 18.7 Å². The number of thiophene rings is 1. The number of rotatable bonds is 3. The Bertz CT molecular complexity index is 569. The van der Waals surface area contributed by atoms with Crippen molar-refractivity contribution < 1.29 is 14.6 Å². The number of hydrogen-bond donors (Lipinski definition) is 1. The monoisotopic (exact) mass is 250 g/mol. The van der Waals surface area contributed by atoms with Crippen molar-refractivity contribution in [3.05, 3.63) is 29.1 Å². The van der Waals surface area contributed by atoms with Gasteiger partial charge in [-0.3, -0.25) is 4.79 Å². The SMILES string of the molecule is COc1cccc2cc(C(C)(C)C(=O)O)sc12. The summed E-state index contributed by atoms with van der Waals surface area (Å²) in [6.45, 7) is 3.43. The lowest BCUT2D eigenvalue weighted by Gasteiger charge is -2.16. The number of aliphatic carboxylic acids is 1. The third kappa shape index (κ3) is 1.89. The molecule has 3 nitrogen and oxygen atoms in total. The second kappa shape index (κ2) is 4.04. The van der Waals surface area contributed by atoms with E-state index in [0.29, 0.717) is 0 Å². The highest BCUT2D eigenvalue weighted by Gasteiger charge is 2.31. The highest BCUT2D eigenvalue weighted by Crippen LogP contribution is 2.38. The molecule has 0 unspecified atom stereocenters. The molecule has 0 spiro atoms. The fourth-order valence-electron chi connectivity index (χ4n) is 1.61. The van der Waals surface area contributed by atoms with E-state index in [0.717, 1.165) is 20.7 Å². The van der Waals surface area contributed by atoms with Gasteiger partial charge in [-0.05, 0) is 31.4 Å². The minimum absolute atomic E-state index is 0.792. The maximum absolute atomic E-state index is 11.2. The molecule has 2 aromatic rings. The average molecular weight is 250 g/mol. The zero-order valence-electron chi connectivity index (χ0n) is 9.98. The molecule has 0 bridgehead atoms. The van der Waals surface area contributed by atoms with Gasteiger partial charge in [0.05, 0.1) is 17.2 Å². The van der Waals surface area contributed by atoms with Crippen LogP contribution in [0.15, 0.2) is 24.3 Å². The highest BCUT2D eigenvalue weighted by molar-refractivity contribution is 7.19. The van der Waals surface area contributed by atoms with Crippen LogP contribution in [0.3, 0.4) is 0 Å². The van der Waals surface area contributed by atoms with Crippen LogP contribution < -0.4 is 4.74 Å². The van der Waals surface area contributed by atoms with E-state index in [9.17, 15) is 9.90 Å². The zero-order chi connectivity index (χ0) is 12.6. The molecular weight excluding hydrogens is 236 g/mol. The molecule has 0 atom stereocenters. The van der Waals surface area contributed by atoms with Gasteiger partial charge in [0.1, 0.15) is 5.75 Å². The van der Waals surface area contributed by atoms with Crippen LogP contribution in [-0.2, 0) is 10.2 Å². The predicted octanol–water partition coefficient (Wildman–Crippen LogP) is 3.27. The molecule has 17 heavy (non-hydrogen) atoms. The van der Waals surface area contributed by atoms with Crippen molar-refractivity contribution in [1.82, 2.24) is 0 Å². The van der Waals surface area contributed by atoms with E-state index in [2.05, 4.69) is 0 Å². The molecule has 4 heteroatoms. The van der Waals surface area contributed by atoms with Crippen molar-refractivity contribution in [3.8, 4) is 5.75 Å². The molecule has 2 rings (SSSR count). The maximum Gasteiger partial charge on any atom is 0.314 e. The van der Waals surface area contributed by atoms with Gasteiger partial charge in [0.25, 0.3) is 0 Å². The van der Waals surface area contributed by atoms with E-state index >= 15 is 0 Å². The smallest absolute Gasteiger partial charge is 0.314 e. The van der Waals surface area contributed by atoms with Crippen molar-refractivity contribution >= 4 is 27.4 Å². The fourth-order valence-corrected chi connectivity index (χ4v) is 2.86. The molecule has 0 saturated heterocycles. The van der Waals surface area contributed by atoms with Crippen molar-refractivity contribution in [3.63, 3.8) is 0 Å². The lowest BCUT2D eigenvalue weighted by atomic mass is 9.91. The quantitative estimate of drug-likeness (QED) is 0.909. The van der Waals surface area contributed by atoms with E-state index in [1.54, 1.807) is 21.0 Å². The first kappa shape index (κ1) is 11.9. The van der Waals surface area contributed by atoms with E-state index in [4.69, 9.17) is 4.74 Å². The lowest BCUT2D eigenvalue weighted by Crippen LogP contribution is -2.27. The molecule has 0 aliphatic heterocycles. The van der Waals surface area contributed by atoms with Gasteiger partial charge in [-0.15, -0.1) is 11.3 Å². The second-order valence-electron chi connectivity index (χ2n) is 4.42. The number of carbonyl (C=O) groups is 1. The van der Waals surface area contributed by atoms with Gasteiger partial charge in [0, 0.05) is 4.88 Å². The summed E-state index contributed by atoms with van der Waals surface area (Å²) < 4.78 is 6.28. The van der Waals surface area contributed by atoms with Crippen LogP contribution in [0, 0.1) is 0 Å². The summed E-state index contributed by atoms with van der Waals surface area (Å²) in [5.41, 5.74) is -0.866. The molecule has 0 fully saturated rings. The number of methoxy groups -OCH3 is 1. The standard InChI is InChI=1S/C13H14O3S/c1-13(2,12(14)15)10-7-8-5-4-6-9(16-3)11(8)17-10/h4-7H,1-3H3,(H,14,15). The minimum atomic E-state index is -0.866. The van der Waals surface area contributed by atoms with E-state index in [1.165, 1.54) is 11.3 Å². The molecule has 1 aromatic heterocycles. The molecule has 0 saturated carbocycles. The van der Waals surface area contributed by atoms with Crippen LogP contribution in [0.5, 0.6) is 5.75 Å². The average Bonchev–Trinajstić information content (AvgIpc) is 2.72. The largest absolute Gasteiger partial charge is 0.495 e. The molecule has 0 aliphatic rings.